The van der Waals surface area contributed by atoms with Gasteiger partial charge in [0.25, 0.3) is 5.91 Å². The Labute approximate surface area is 188 Å². The number of hydrogen-bond acceptors (Lipinski definition) is 6. The van der Waals surface area contributed by atoms with Crippen LogP contribution in [0.5, 0.6) is 17.4 Å². The lowest BCUT2D eigenvalue weighted by Crippen LogP contribution is -2.49. The number of aryl methyl sites for hydroxylation is 1. The van der Waals surface area contributed by atoms with Crippen molar-refractivity contribution in [1.82, 2.24) is 14.9 Å². The lowest BCUT2D eigenvalue weighted by atomic mass is 10.1. The average molecular weight is 458 g/mol. The standard InChI is InChI=1S/C23H21F3N4O3/c1-16-27-20(15-21(28-16)32-18-7-3-2-4-8-18)29-10-12-30(13-11-29)22(31)17-6-5-9-19(14-17)33-23(24,25)26/h2-9,14-15H,10-13H2,1H3. The number of carbonyl (C=O) groups excluding carboxylic acids is 1. The van der Waals surface area contributed by atoms with Crippen LogP contribution in [0.2, 0.25) is 0 Å². The van der Waals surface area contributed by atoms with Gasteiger partial charge in [-0.3, -0.25) is 4.79 Å². The molecule has 0 atom stereocenters. The maximum Gasteiger partial charge on any atom is 0.573 e. The number of nitrogens with zero attached hydrogens (tertiary/aromatic N) is 4. The zero-order chi connectivity index (χ0) is 23.4. The van der Waals surface area contributed by atoms with Gasteiger partial charge in [-0.2, -0.15) is 4.98 Å². The normalized spacial score (nSPS) is 14.2. The number of benzene rings is 2. The zero-order valence-electron chi connectivity index (χ0n) is 17.7. The lowest BCUT2D eigenvalue weighted by Gasteiger charge is -2.35. The summed E-state index contributed by atoms with van der Waals surface area (Å²) in [5, 5.41) is 0. The van der Waals surface area contributed by atoms with Gasteiger partial charge in [0.2, 0.25) is 5.88 Å². The third-order valence-corrected chi connectivity index (χ3v) is 4.97. The van der Waals surface area contributed by atoms with Gasteiger partial charge >= 0.3 is 6.36 Å². The van der Waals surface area contributed by atoms with E-state index in [9.17, 15) is 18.0 Å². The number of amides is 1. The van der Waals surface area contributed by atoms with Crippen molar-refractivity contribution < 1.29 is 27.4 Å². The number of piperazine rings is 1. The Morgan fingerprint density at radius 3 is 2.30 bits per heavy atom. The molecule has 0 unspecified atom stereocenters. The van der Waals surface area contributed by atoms with Crippen molar-refractivity contribution in [2.75, 3.05) is 31.1 Å². The summed E-state index contributed by atoms with van der Waals surface area (Å²) in [6, 6.07) is 16.1. The Bertz CT molecular complexity index is 1120. The Hall–Kier alpha value is -3.82. The number of carbonyl (C=O) groups is 1. The van der Waals surface area contributed by atoms with Gasteiger partial charge in [-0.15, -0.1) is 13.2 Å². The van der Waals surface area contributed by atoms with Gasteiger partial charge in [-0.05, 0) is 37.3 Å². The molecule has 0 spiro atoms. The number of para-hydroxylation sites is 1. The summed E-state index contributed by atoms with van der Waals surface area (Å²) in [6.45, 7) is 3.57. The van der Waals surface area contributed by atoms with Crippen LogP contribution in [0.15, 0.2) is 60.7 Å². The van der Waals surface area contributed by atoms with Crippen LogP contribution in [0.4, 0.5) is 19.0 Å². The van der Waals surface area contributed by atoms with E-state index in [0.717, 1.165) is 12.1 Å². The van der Waals surface area contributed by atoms with Crippen molar-refractivity contribution in [3.63, 3.8) is 0 Å². The van der Waals surface area contributed by atoms with Crippen LogP contribution in [-0.2, 0) is 0 Å². The topological polar surface area (TPSA) is 67.8 Å². The van der Waals surface area contributed by atoms with E-state index < -0.39 is 12.1 Å². The number of rotatable bonds is 5. The Kier molecular flexibility index (Phi) is 6.34. The highest BCUT2D eigenvalue weighted by Gasteiger charge is 2.31. The van der Waals surface area contributed by atoms with Crippen molar-refractivity contribution >= 4 is 11.7 Å². The predicted octanol–water partition coefficient (Wildman–Crippen LogP) is 4.44. The van der Waals surface area contributed by atoms with Crippen molar-refractivity contribution in [2.24, 2.45) is 0 Å². The van der Waals surface area contributed by atoms with Gasteiger partial charge in [0.1, 0.15) is 23.1 Å². The molecule has 3 aromatic rings. The molecule has 1 aliphatic heterocycles. The van der Waals surface area contributed by atoms with Gasteiger partial charge < -0.3 is 19.3 Å². The van der Waals surface area contributed by atoms with Crippen LogP contribution in [0.25, 0.3) is 0 Å². The number of alkyl halides is 3. The van der Waals surface area contributed by atoms with Gasteiger partial charge in [-0.1, -0.05) is 24.3 Å². The number of aromatic nitrogens is 2. The molecule has 2 heterocycles. The first-order chi connectivity index (χ1) is 15.8. The molecule has 1 saturated heterocycles. The number of ether oxygens (including phenoxy) is 2. The third kappa shape index (κ3) is 5.91. The summed E-state index contributed by atoms with van der Waals surface area (Å²) in [6.07, 6.45) is -4.81. The summed E-state index contributed by atoms with van der Waals surface area (Å²) in [4.78, 5) is 25.2. The van der Waals surface area contributed by atoms with Gasteiger partial charge in [0.05, 0.1) is 0 Å². The van der Waals surface area contributed by atoms with Crippen LogP contribution in [0, 0.1) is 6.92 Å². The third-order valence-electron chi connectivity index (χ3n) is 4.97. The summed E-state index contributed by atoms with van der Waals surface area (Å²) < 4.78 is 47.1. The van der Waals surface area contributed by atoms with Crippen molar-refractivity contribution in [2.45, 2.75) is 13.3 Å². The first-order valence-electron chi connectivity index (χ1n) is 10.3. The molecule has 0 saturated carbocycles. The van der Waals surface area contributed by atoms with Crippen LogP contribution in [-0.4, -0.2) is 53.3 Å². The van der Waals surface area contributed by atoms with E-state index in [0.29, 0.717) is 49.5 Å². The van der Waals surface area contributed by atoms with Crippen LogP contribution >= 0.6 is 0 Å². The smallest absolute Gasteiger partial charge is 0.439 e. The predicted molar refractivity (Wildman–Crippen MR) is 115 cm³/mol. The Morgan fingerprint density at radius 2 is 1.61 bits per heavy atom. The van der Waals surface area contributed by atoms with E-state index >= 15 is 0 Å². The molecule has 33 heavy (non-hydrogen) atoms. The highest BCUT2D eigenvalue weighted by atomic mass is 19.4. The maximum absolute atomic E-state index is 12.8. The first-order valence-corrected chi connectivity index (χ1v) is 10.3. The van der Waals surface area contributed by atoms with E-state index in [4.69, 9.17) is 4.74 Å². The van der Waals surface area contributed by atoms with Crippen molar-refractivity contribution in [1.29, 1.82) is 0 Å². The molecular weight excluding hydrogens is 437 g/mol. The molecule has 172 valence electrons. The lowest BCUT2D eigenvalue weighted by molar-refractivity contribution is -0.274. The molecule has 0 bridgehead atoms. The SMILES string of the molecule is Cc1nc(Oc2ccccc2)cc(N2CCN(C(=O)c3cccc(OC(F)(F)F)c3)CC2)n1. The van der Waals surface area contributed by atoms with Crippen LogP contribution < -0.4 is 14.4 Å². The highest BCUT2D eigenvalue weighted by Crippen LogP contribution is 2.26. The van der Waals surface area contributed by atoms with Crippen LogP contribution in [0.1, 0.15) is 16.2 Å². The number of hydrogen-bond donors (Lipinski definition) is 0. The molecule has 1 amide bonds. The highest BCUT2D eigenvalue weighted by molar-refractivity contribution is 5.94. The maximum atomic E-state index is 12.8. The largest absolute Gasteiger partial charge is 0.573 e. The van der Waals surface area contributed by atoms with E-state index in [1.54, 1.807) is 17.9 Å². The quantitative estimate of drug-likeness (QED) is 0.563. The Balaban J connectivity index is 1.41. The summed E-state index contributed by atoms with van der Waals surface area (Å²) in [7, 11) is 0. The second-order valence-electron chi connectivity index (χ2n) is 7.38. The summed E-state index contributed by atoms with van der Waals surface area (Å²) in [5.74, 6) is 1.54. The van der Waals surface area contributed by atoms with Crippen molar-refractivity contribution in [3.05, 3.63) is 72.1 Å². The molecule has 0 aliphatic carbocycles. The Morgan fingerprint density at radius 1 is 0.909 bits per heavy atom. The molecule has 1 aliphatic rings. The van der Waals surface area contributed by atoms with Crippen molar-refractivity contribution in [3.8, 4) is 17.4 Å². The van der Waals surface area contributed by atoms with E-state index in [-0.39, 0.29) is 11.5 Å². The van der Waals surface area contributed by atoms with E-state index in [1.807, 2.05) is 35.2 Å². The van der Waals surface area contributed by atoms with E-state index in [1.165, 1.54) is 12.1 Å². The minimum atomic E-state index is -4.81. The first kappa shape index (κ1) is 22.4. The van der Waals surface area contributed by atoms with Gasteiger partial charge in [-0.25, -0.2) is 4.98 Å². The molecule has 0 N–H and O–H groups in total. The molecule has 0 radical (unpaired) electrons. The molecule has 2 aromatic carbocycles. The molecular formula is C23H21F3N4O3. The molecule has 4 rings (SSSR count). The second kappa shape index (κ2) is 9.35. The summed E-state index contributed by atoms with van der Waals surface area (Å²) >= 11 is 0. The monoisotopic (exact) mass is 458 g/mol. The molecule has 10 heteroatoms. The molecule has 1 aromatic heterocycles. The summed E-state index contributed by atoms with van der Waals surface area (Å²) in [5.41, 5.74) is 0.140. The van der Waals surface area contributed by atoms with Gasteiger partial charge in [0, 0.05) is 37.8 Å². The van der Waals surface area contributed by atoms with Gasteiger partial charge in [0.15, 0.2) is 0 Å². The zero-order valence-corrected chi connectivity index (χ0v) is 17.7. The number of anilines is 1. The van der Waals surface area contributed by atoms with E-state index in [2.05, 4.69) is 14.7 Å². The minimum absolute atomic E-state index is 0.140. The number of halogens is 3. The van der Waals surface area contributed by atoms with Crippen LogP contribution in [0.3, 0.4) is 0 Å². The fraction of sp³-hybridized carbons (Fsp3) is 0.261. The average Bonchev–Trinajstić information content (AvgIpc) is 2.78. The molecule has 7 nitrogen and oxygen atoms in total. The minimum Gasteiger partial charge on any atom is -0.439 e. The fourth-order valence-electron chi connectivity index (χ4n) is 3.50. The second-order valence-corrected chi connectivity index (χ2v) is 7.38. The fourth-order valence-corrected chi connectivity index (χ4v) is 3.50. The molecule has 1 fully saturated rings.